The van der Waals surface area contributed by atoms with Crippen molar-refractivity contribution in [2.24, 2.45) is 7.05 Å². The van der Waals surface area contributed by atoms with E-state index in [1.807, 2.05) is 0 Å². The molecule has 0 spiro atoms. The molecule has 0 bridgehead atoms. The van der Waals surface area contributed by atoms with Crippen LogP contribution in [-0.4, -0.2) is 43.7 Å². The second-order valence-electron chi connectivity index (χ2n) is 6.73. The standard InChI is InChI=1S/C19H13F4N5O8/c1-26-14(19(21,22)23)5-15(29)27(18(26)31)10-4-12(11(28(32)33)3-9(10)20)36-13-6-24-8-25-17(13)35-7-16(30)34-2/h3-6,8H,7H2,1-2H3. The fourth-order valence-corrected chi connectivity index (χ4v) is 2.84. The van der Waals surface area contributed by atoms with Crippen LogP contribution in [0.1, 0.15) is 5.69 Å². The molecular formula is C19H13F4N5O8. The Morgan fingerprint density at radius 1 is 1.19 bits per heavy atom. The Morgan fingerprint density at radius 3 is 2.50 bits per heavy atom. The highest BCUT2D eigenvalue weighted by atomic mass is 19.4. The Hall–Kier alpha value is -4.83. The lowest BCUT2D eigenvalue weighted by Crippen LogP contribution is -2.41. The van der Waals surface area contributed by atoms with Crippen molar-refractivity contribution in [3.8, 4) is 23.1 Å². The number of esters is 1. The van der Waals surface area contributed by atoms with E-state index < -0.39 is 75.2 Å². The number of rotatable bonds is 7. The Labute approximate surface area is 196 Å². The number of aromatic nitrogens is 4. The highest BCUT2D eigenvalue weighted by Crippen LogP contribution is 2.37. The topological polar surface area (TPSA) is 158 Å². The van der Waals surface area contributed by atoms with E-state index in [4.69, 9.17) is 9.47 Å². The summed E-state index contributed by atoms with van der Waals surface area (Å²) < 4.78 is 69.1. The minimum absolute atomic E-state index is 0.0390. The van der Waals surface area contributed by atoms with Gasteiger partial charge in [0.05, 0.1) is 30.0 Å². The minimum atomic E-state index is -5.07. The number of nitro groups is 1. The molecule has 17 heteroatoms. The van der Waals surface area contributed by atoms with E-state index in [9.17, 15) is 42.1 Å². The van der Waals surface area contributed by atoms with Crippen molar-refractivity contribution in [1.82, 2.24) is 19.1 Å². The number of ether oxygens (including phenoxy) is 3. The van der Waals surface area contributed by atoms with Crippen LogP contribution in [0.3, 0.4) is 0 Å². The molecule has 0 unspecified atom stereocenters. The van der Waals surface area contributed by atoms with Crippen molar-refractivity contribution in [2.75, 3.05) is 13.7 Å². The molecule has 36 heavy (non-hydrogen) atoms. The number of nitrogens with zero attached hydrogens (tertiary/aromatic N) is 5. The molecule has 3 aromatic rings. The highest BCUT2D eigenvalue weighted by Gasteiger charge is 2.35. The molecule has 0 fully saturated rings. The Bertz CT molecular complexity index is 1470. The monoisotopic (exact) mass is 515 g/mol. The predicted molar refractivity (Wildman–Crippen MR) is 109 cm³/mol. The first-order chi connectivity index (χ1) is 16.8. The van der Waals surface area contributed by atoms with Crippen LogP contribution in [-0.2, 0) is 22.8 Å². The molecule has 3 rings (SSSR count). The number of benzene rings is 1. The average molecular weight is 515 g/mol. The van der Waals surface area contributed by atoms with Gasteiger partial charge in [0.2, 0.25) is 11.5 Å². The maximum absolute atomic E-state index is 14.8. The largest absolute Gasteiger partial charge is 0.466 e. The lowest BCUT2D eigenvalue weighted by atomic mass is 10.2. The fourth-order valence-electron chi connectivity index (χ4n) is 2.84. The molecule has 190 valence electrons. The Morgan fingerprint density at radius 2 is 1.89 bits per heavy atom. The van der Waals surface area contributed by atoms with Gasteiger partial charge < -0.3 is 14.2 Å². The number of hydrogen-bond acceptors (Lipinski definition) is 10. The summed E-state index contributed by atoms with van der Waals surface area (Å²) in [4.78, 5) is 54.0. The molecule has 0 N–H and O–H groups in total. The SMILES string of the molecule is COC(=O)COc1ncncc1Oc1cc(-n2c(=O)cc(C(F)(F)F)n(C)c2=O)c(F)cc1[N+](=O)[O-]. The molecule has 1 aromatic carbocycles. The van der Waals surface area contributed by atoms with E-state index in [0.29, 0.717) is 19.2 Å². The number of nitro benzene ring substituents is 1. The first-order valence-corrected chi connectivity index (χ1v) is 9.41. The third-order valence-electron chi connectivity index (χ3n) is 4.50. The summed E-state index contributed by atoms with van der Waals surface area (Å²) in [6.45, 7) is -0.641. The normalized spacial score (nSPS) is 11.2. The molecular weight excluding hydrogens is 502 g/mol. The zero-order valence-corrected chi connectivity index (χ0v) is 18.1. The van der Waals surface area contributed by atoms with Gasteiger partial charge in [-0.1, -0.05) is 0 Å². The summed E-state index contributed by atoms with van der Waals surface area (Å²) in [5, 5.41) is 11.5. The molecule has 13 nitrogen and oxygen atoms in total. The molecule has 0 radical (unpaired) electrons. The van der Waals surface area contributed by atoms with Gasteiger partial charge in [0, 0.05) is 19.2 Å². The van der Waals surface area contributed by atoms with E-state index in [1.54, 1.807) is 0 Å². The second kappa shape index (κ2) is 9.80. The maximum atomic E-state index is 14.8. The van der Waals surface area contributed by atoms with Crippen molar-refractivity contribution in [3.63, 3.8) is 0 Å². The molecule has 2 aromatic heterocycles. The summed E-state index contributed by atoms with van der Waals surface area (Å²) in [7, 11) is 1.79. The summed E-state index contributed by atoms with van der Waals surface area (Å²) in [6, 6.07) is 0.917. The van der Waals surface area contributed by atoms with E-state index in [2.05, 4.69) is 14.7 Å². The van der Waals surface area contributed by atoms with Gasteiger partial charge in [0.15, 0.2) is 12.4 Å². The van der Waals surface area contributed by atoms with Gasteiger partial charge in [-0.25, -0.2) is 23.5 Å². The number of methoxy groups -OCH3 is 1. The zero-order valence-electron chi connectivity index (χ0n) is 18.1. The van der Waals surface area contributed by atoms with E-state index in [0.717, 1.165) is 19.6 Å². The molecule has 0 aliphatic rings. The third-order valence-corrected chi connectivity index (χ3v) is 4.50. The quantitative estimate of drug-likeness (QED) is 0.196. The number of carbonyl (C=O) groups excluding carboxylic acids is 1. The van der Waals surface area contributed by atoms with Crippen LogP contribution in [0.4, 0.5) is 23.2 Å². The van der Waals surface area contributed by atoms with Crippen LogP contribution in [0.15, 0.2) is 40.3 Å². The maximum Gasteiger partial charge on any atom is 0.431 e. The van der Waals surface area contributed by atoms with Crippen molar-refractivity contribution in [3.05, 3.63) is 73.2 Å². The second-order valence-corrected chi connectivity index (χ2v) is 6.73. The summed E-state index contributed by atoms with van der Waals surface area (Å²) >= 11 is 0. The average Bonchev–Trinajstić information content (AvgIpc) is 2.81. The lowest BCUT2D eigenvalue weighted by Gasteiger charge is -2.15. The zero-order chi connectivity index (χ0) is 26.8. The molecule has 0 amide bonds. The summed E-state index contributed by atoms with van der Waals surface area (Å²) in [6.07, 6.45) is -3.12. The van der Waals surface area contributed by atoms with Gasteiger partial charge in [-0.15, -0.1) is 0 Å². The fraction of sp³-hybridized carbons (Fsp3) is 0.211. The minimum Gasteiger partial charge on any atom is -0.466 e. The van der Waals surface area contributed by atoms with Crippen LogP contribution in [0.2, 0.25) is 0 Å². The summed E-state index contributed by atoms with van der Waals surface area (Å²) in [5.74, 6) is -3.86. The van der Waals surface area contributed by atoms with E-state index in [-0.39, 0.29) is 15.2 Å². The van der Waals surface area contributed by atoms with E-state index in [1.165, 1.54) is 0 Å². The van der Waals surface area contributed by atoms with Gasteiger partial charge >= 0.3 is 23.5 Å². The van der Waals surface area contributed by atoms with Gasteiger partial charge in [0.1, 0.15) is 12.0 Å². The van der Waals surface area contributed by atoms with Crippen LogP contribution < -0.4 is 20.7 Å². The Kier molecular flexibility index (Phi) is 7.02. The molecule has 0 aliphatic carbocycles. The molecule has 0 saturated heterocycles. The predicted octanol–water partition coefficient (Wildman–Crippen LogP) is 1.74. The number of alkyl halides is 3. The van der Waals surface area contributed by atoms with Crippen molar-refractivity contribution < 1.29 is 41.5 Å². The van der Waals surface area contributed by atoms with Gasteiger partial charge in [-0.05, 0) is 0 Å². The third kappa shape index (κ3) is 5.13. The Balaban J connectivity index is 2.17. The smallest absolute Gasteiger partial charge is 0.431 e. The van der Waals surface area contributed by atoms with Crippen LogP contribution >= 0.6 is 0 Å². The number of halogens is 4. The molecule has 0 aliphatic heterocycles. The first kappa shape index (κ1) is 25.8. The van der Waals surface area contributed by atoms with Crippen LogP contribution in [0.25, 0.3) is 5.69 Å². The van der Waals surface area contributed by atoms with Crippen molar-refractivity contribution in [2.45, 2.75) is 6.18 Å². The van der Waals surface area contributed by atoms with Gasteiger partial charge in [-0.3, -0.25) is 19.5 Å². The van der Waals surface area contributed by atoms with Crippen molar-refractivity contribution in [1.29, 1.82) is 0 Å². The van der Waals surface area contributed by atoms with Crippen molar-refractivity contribution >= 4 is 11.7 Å². The molecule has 0 saturated carbocycles. The first-order valence-electron chi connectivity index (χ1n) is 9.41. The van der Waals surface area contributed by atoms with E-state index >= 15 is 0 Å². The van der Waals surface area contributed by atoms with Gasteiger partial charge in [0.25, 0.3) is 11.4 Å². The summed E-state index contributed by atoms with van der Waals surface area (Å²) in [5.41, 5.74) is -6.67. The van der Waals surface area contributed by atoms with Gasteiger partial charge in [-0.2, -0.15) is 18.2 Å². The number of carbonyl (C=O) groups is 1. The highest BCUT2D eigenvalue weighted by molar-refractivity contribution is 5.70. The van der Waals surface area contributed by atoms with Crippen LogP contribution in [0, 0.1) is 15.9 Å². The molecule has 0 atom stereocenters. The number of hydrogen-bond donors (Lipinski definition) is 0. The van der Waals surface area contributed by atoms with Crippen LogP contribution in [0.5, 0.6) is 17.4 Å². The molecule has 2 heterocycles. The lowest BCUT2D eigenvalue weighted by molar-refractivity contribution is -0.385.